The molecule has 38 heavy (non-hydrogen) atoms. The van der Waals surface area contributed by atoms with E-state index in [9.17, 15) is 22.0 Å². The van der Waals surface area contributed by atoms with Gasteiger partial charge in [0.05, 0.1) is 19.0 Å². The van der Waals surface area contributed by atoms with E-state index < -0.39 is 46.0 Å². The van der Waals surface area contributed by atoms with Crippen LogP contribution in [-0.2, 0) is 11.3 Å². The van der Waals surface area contributed by atoms with Crippen LogP contribution in [0.1, 0.15) is 50.2 Å². The third kappa shape index (κ3) is 5.47. The summed E-state index contributed by atoms with van der Waals surface area (Å²) < 4.78 is 103. The molecule has 0 fully saturated rings. The maximum atomic E-state index is 15.0. The van der Waals surface area contributed by atoms with Crippen molar-refractivity contribution in [3.63, 3.8) is 0 Å². The summed E-state index contributed by atoms with van der Waals surface area (Å²) in [6.45, 7) is 3.39. The molecular weight excluding hydrogens is 510 g/mol. The standard InChI is InChI=1S/C29H26F6O3/c1-3-36-22-13-7-17(24(30)28(22)34)15-38-18-8-5-16(6-9-18)19-10-11-20(26(32)25(19)31)21-12-14-23(37-4-2)29(35)27(21)33/h7-8,10-14,16H,3-6,9,15H2,1-2H3. The number of ether oxygens (including phenoxy) is 3. The lowest BCUT2D eigenvalue weighted by molar-refractivity contribution is 0.175. The molecule has 4 rings (SSSR count). The van der Waals surface area contributed by atoms with Crippen molar-refractivity contribution >= 4 is 0 Å². The van der Waals surface area contributed by atoms with E-state index in [4.69, 9.17) is 14.2 Å². The molecule has 0 spiro atoms. The Bertz CT molecular complexity index is 1350. The molecule has 0 aromatic heterocycles. The third-order valence-electron chi connectivity index (χ3n) is 6.40. The monoisotopic (exact) mass is 536 g/mol. The summed E-state index contributed by atoms with van der Waals surface area (Å²) in [5.41, 5.74) is -0.680. The summed E-state index contributed by atoms with van der Waals surface area (Å²) in [6, 6.07) is 7.63. The largest absolute Gasteiger partial charge is 0.493 e. The molecule has 0 saturated heterocycles. The van der Waals surface area contributed by atoms with Gasteiger partial charge in [-0.2, -0.15) is 8.78 Å². The van der Waals surface area contributed by atoms with E-state index in [1.807, 2.05) is 0 Å². The van der Waals surface area contributed by atoms with Gasteiger partial charge < -0.3 is 14.2 Å². The van der Waals surface area contributed by atoms with Crippen molar-refractivity contribution in [1.82, 2.24) is 0 Å². The first-order chi connectivity index (χ1) is 18.3. The highest BCUT2D eigenvalue weighted by Gasteiger charge is 2.26. The molecule has 3 nitrogen and oxygen atoms in total. The summed E-state index contributed by atoms with van der Waals surface area (Å²) in [5.74, 6) is -7.48. The predicted octanol–water partition coefficient (Wildman–Crippen LogP) is 8.35. The van der Waals surface area contributed by atoms with Crippen LogP contribution in [0.4, 0.5) is 26.3 Å². The van der Waals surface area contributed by atoms with E-state index >= 15 is 4.39 Å². The molecule has 1 atom stereocenters. The molecule has 0 N–H and O–H groups in total. The summed E-state index contributed by atoms with van der Waals surface area (Å²) in [5, 5.41) is 0. The van der Waals surface area contributed by atoms with Crippen molar-refractivity contribution in [2.24, 2.45) is 0 Å². The van der Waals surface area contributed by atoms with Gasteiger partial charge in [-0.1, -0.05) is 12.1 Å². The van der Waals surface area contributed by atoms with Crippen molar-refractivity contribution < 1.29 is 40.6 Å². The minimum absolute atomic E-state index is 0.0237. The Morgan fingerprint density at radius 3 is 1.84 bits per heavy atom. The smallest absolute Gasteiger partial charge is 0.201 e. The number of hydrogen-bond acceptors (Lipinski definition) is 3. The fourth-order valence-electron chi connectivity index (χ4n) is 4.44. The zero-order valence-electron chi connectivity index (χ0n) is 20.9. The Labute approximate surface area is 216 Å². The second-order valence-electron chi connectivity index (χ2n) is 8.72. The molecule has 0 saturated carbocycles. The Morgan fingerprint density at radius 1 is 0.658 bits per heavy atom. The molecule has 1 aliphatic rings. The van der Waals surface area contributed by atoms with Crippen molar-refractivity contribution in [2.75, 3.05) is 13.2 Å². The van der Waals surface area contributed by atoms with Crippen molar-refractivity contribution in [1.29, 1.82) is 0 Å². The van der Waals surface area contributed by atoms with Crippen LogP contribution in [0.25, 0.3) is 11.1 Å². The Balaban J connectivity index is 1.46. The first-order valence-corrected chi connectivity index (χ1v) is 12.3. The summed E-state index contributed by atoms with van der Waals surface area (Å²) >= 11 is 0. The van der Waals surface area contributed by atoms with Crippen molar-refractivity contribution in [3.05, 3.63) is 94.3 Å². The lowest BCUT2D eigenvalue weighted by Gasteiger charge is -2.23. The van der Waals surface area contributed by atoms with Gasteiger partial charge in [0, 0.05) is 23.1 Å². The summed E-state index contributed by atoms with van der Waals surface area (Å²) in [4.78, 5) is 0. The van der Waals surface area contributed by atoms with Gasteiger partial charge in [-0.05, 0) is 68.5 Å². The highest BCUT2D eigenvalue weighted by Crippen LogP contribution is 2.38. The first kappa shape index (κ1) is 27.4. The van der Waals surface area contributed by atoms with E-state index in [1.165, 1.54) is 30.3 Å². The van der Waals surface area contributed by atoms with Crippen LogP contribution >= 0.6 is 0 Å². The van der Waals surface area contributed by atoms with Crippen molar-refractivity contribution in [3.8, 4) is 22.6 Å². The minimum Gasteiger partial charge on any atom is -0.493 e. The van der Waals surface area contributed by atoms with E-state index in [2.05, 4.69) is 0 Å². The van der Waals surface area contributed by atoms with Crippen LogP contribution in [0.3, 0.4) is 0 Å². The lowest BCUT2D eigenvalue weighted by atomic mass is 9.85. The van der Waals surface area contributed by atoms with E-state index in [1.54, 1.807) is 19.9 Å². The van der Waals surface area contributed by atoms with Gasteiger partial charge in [0.15, 0.2) is 34.8 Å². The quantitative estimate of drug-likeness (QED) is 0.257. The average Bonchev–Trinajstić information content (AvgIpc) is 2.92. The molecule has 202 valence electrons. The maximum Gasteiger partial charge on any atom is 0.201 e. The second-order valence-corrected chi connectivity index (χ2v) is 8.72. The van der Waals surface area contributed by atoms with E-state index in [0.717, 1.165) is 6.07 Å². The van der Waals surface area contributed by atoms with Gasteiger partial charge in [-0.3, -0.25) is 0 Å². The lowest BCUT2D eigenvalue weighted by Crippen LogP contribution is -2.10. The van der Waals surface area contributed by atoms with Crippen molar-refractivity contribution in [2.45, 2.75) is 45.6 Å². The Hall–Kier alpha value is -3.62. The molecule has 0 radical (unpaired) electrons. The molecular formula is C29H26F6O3. The van der Waals surface area contributed by atoms with Gasteiger partial charge in [0.2, 0.25) is 11.6 Å². The molecule has 0 amide bonds. The molecule has 0 bridgehead atoms. The number of halogens is 6. The van der Waals surface area contributed by atoms with Crippen LogP contribution in [-0.4, -0.2) is 13.2 Å². The molecule has 9 heteroatoms. The molecule has 1 aliphatic carbocycles. The molecule has 3 aromatic rings. The summed E-state index contributed by atoms with van der Waals surface area (Å²) in [7, 11) is 0. The minimum atomic E-state index is -1.33. The second kappa shape index (κ2) is 11.8. The number of rotatable bonds is 9. The van der Waals surface area contributed by atoms with Gasteiger partial charge in [0.1, 0.15) is 6.61 Å². The molecule has 0 heterocycles. The number of benzene rings is 3. The van der Waals surface area contributed by atoms with Crippen LogP contribution in [0, 0.1) is 34.9 Å². The average molecular weight is 537 g/mol. The zero-order chi connectivity index (χ0) is 27.4. The first-order valence-electron chi connectivity index (χ1n) is 12.3. The number of allylic oxidation sites excluding steroid dienone is 2. The molecule has 0 aliphatic heterocycles. The van der Waals surface area contributed by atoms with E-state index in [0.29, 0.717) is 25.0 Å². The zero-order valence-corrected chi connectivity index (χ0v) is 20.9. The van der Waals surface area contributed by atoms with Crippen LogP contribution < -0.4 is 9.47 Å². The van der Waals surface area contributed by atoms with Gasteiger partial charge >= 0.3 is 0 Å². The van der Waals surface area contributed by atoms with Crippen LogP contribution in [0.15, 0.2) is 48.2 Å². The molecule has 1 unspecified atom stereocenters. The fraction of sp³-hybridized carbons (Fsp3) is 0.310. The summed E-state index contributed by atoms with van der Waals surface area (Å²) in [6.07, 6.45) is 2.79. The van der Waals surface area contributed by atoms with E-state index in [-0.39, 0.29) is 48.4 Å². The number of hydrogen-bond donors (Lipinski definition) is 0. The van der Waals surface area contributed by atoms with Gasteiger partial charge in [-0.15, -0.1) is 0 Å². The van der Waals surface area contributed by atoms with Gasteiger partial charge in [-0.25, -0.2) is 17.6 Å². The fourth-order valence-corrected chi connectivity index (χ4v) is 4.44. The third-order valence-corrected chi connectivity index (χ3v) is 6.40. The molecule has 3 aromatic carbocycles. The Kier molecular flexibility index (Phi) is 8.54. The topological polar surface area (TPSA) is 27.7 Å². The highest BCUT2D eigenvalue weighted by molar-refractivity contribution is 5.67. The maximum absolute atomic E-state index is 15.0. The normalized spacial score (nSPS) is 15.3. The Morgan fingerprint density at radius 2 is 1.24 bits per heavy atom. The predicted molar refractivity (Wildman–Crippen MR) is 130 cm³/mol. The SMILES string of the molecule is CCOc1ccc(COC2=CCC(c3ccc(-c4ccc(OCC)c(F)c4F)c(F)c3F)CC2)c(F)c1F. The van der Waals surface area contributed by atoms with Gasteiger partial charge in [0.25, 0.3) is 0 Å². The van der Waals surface area contributed by atoms with Crippen LogP contribution in [0.2, 0.25) is 0 Å². The van der Waals surface area contributed by atoms with Crippen LogP contribution in [0.5, 0.6) is 11.5 Å². The highest BCUT2D eigenvalue weighted by atomic mass is 19.2.